The van der Waals surface area contributed by atoms with E-state index in [0.717, 1.165) is 5.56 Å². The van der Waals surface area contributed by atoms with Gasteiger partial charge in [-0.15, -0.1) is 0 Å². The molecule has 0 spiro atoms. The first-order valence-corrected chi connectivity index (χ1v) is 9.42. The number of ether oxygens (including phenoxy) is 3. The van der Waals surface area contributed by atoms with Crippen molar-refractivity contribution in [1.82, 2.24) is 0 Å². The van der Waals surface area contributed by atoms with Crippen molar-refractivity contribution in [1.29, 1.82) is 0 Å². The predicted octanol–water partition coefficient (Wildman–Crippen LogP) is 4.92. The second-order valence-electron chi connectivity index (χ2n) is 6.37. The van der Waals surface area contributed by atoms with Crippen molar-refractivity contribution in [2.75, 3.05) is 6.61 Å². The third kappa shape index (κ3) is 5.89. The lowest BCUT2D eigenvalue weighted by Crippen LogP contribution is -2.06. The number of rotatable bonds is 8. The van der Waals surface area contributed by atoms with Crippen LogP contribution in [0.1, 0.15) is 33.2 Å². The lowest BCUT2D eigenvalue weighted by molar-refractivity contribution is -0.384. The fourth-order valence-electron chi connectivity index (χ4n) is 2.61. The minimum Gasteiger partial charge on any atom is -0.462 e. The van der Waals surface area contributed by atoms with Crippen LogP contribution < -0.4 is 4.74 Å². The maximum atomic E-state index is 12.2. The quantitative estimate of drug-likeness (QED) is 0.289. The third-order valence-corrected chi connectivity index (χ3v) is 4.21. The SMILES string of the molecule is CCOC(=O)c1ccc(COC(=O)c2ccc(Oc3ccc([N+](=O)[O-])cc3)cc2)cc1. The molecule has 0 radical (unpaired) electrons. The van der Waals surface area contributed by atoms with Gasteiger partial charge in [0.05, 0.1) is 22.7 Å². The summed E-state index contributed by atoms with van der Waals surface area (Å²) in [4.78, 5) is 34.1. The van der Waals surface area contributed by atoms with E-state index in [1.807, 2.05) is 0 Å². The highest BCUT2D eigenvalue weighted by Gasteiger charge is 2.10. The molecule has 0 N–H and O–H groups in total. The molecule has 31 heavy (non-hydrogen) atoms. The van der Waals surface area contributed by atoms with Crippen molar-refractivity contribution in [3.63, 3.8) is 0 Å². The zero-order valence-electron chi connectivity index (χ0n) is 16.6. The van der Waals surface area contributed by atoms with Gasteiger partial charge in [-0.05, 0) is 61.0 Å². The largest absolute Gasteiger partial charge is 0.462 e. The molecule has 8 heteroatoms. The van der Waals surface area contributed by atoms with Gasteiger partial charge in [-0.1, -0.05) is 12.1 Å². The Morgan fingerprint density at radius 1 is 0.774 bits per heavy atom. The molecule has 0 saturated heterocycles. The molecule has 8 nitrogen and oxygen atoms in total. The predicted molar refractivity (Wildman–Crippen MR) is 111 cm³/mol. The van der Waals surface area contributed by atoms with Crippen molar-refractivity contribution in [3.8, 4) is 11.5 Å². The Bertz CT molecular complexity index is 1060. The molecule has 0 amide bonds. The van der Waals surface area contributed by atoms with Gasteiger partial charge in [0, 0.05) is 12.1 Å². The normalized spacial score (nSPS) is 10.2. The molecule has 0 atom stereocenters. The summed E-state index contributed by atoms with van der Waals surface area (Å²) >= 11 is 0. The van der Waals surface area contributed by atoms with Gasteiger partial charge in [0.25, 0.3) is 5.69 Å². The van der Waals surface area contributed by atoms with Crippen LogP contribution in [0.3, 0.4) is 0 Å². The number of esters is 2. The maximum Gasteiger partial charge on any atom is 0.338 e. The first kappa shape index (κ1) is 21.5. The summed E-state index contributed by atoms with van der Waals surface area (Å²) < 4.78 is 15.8. The molecule has 3 rings (SSSR count). The van der Waals surface area contributed by atoms with Gasteiger partial charge in [0.2, 0.25) is 0 Å². The topological polar surface area (TPSA) is 105 Å². The van der Waals surface area contributed by atoms with Gasteiger partial charge in [0.15, 0.2) is 0 Å². The molecular weight excluding hydrogens is 402 g/mol. The fraction of sp³-hybridized carbons (Fsp3) is 0.130. The summed E-state index contributed by atoms with van der Waals surface area (Å²) in [6, 6.07) is 18.6. The van der Waals surface area contributed by atoms with Gasteiger partial charge >= 0.3 is 11.9 Å². The molecule has 3 aromatic carbocycles. The molecule has 0 aliphatic carbocycles. The number of hydrogen-bond acceptors (Lipinski definition) is 7. The molecule has 3 aromatic rings. The summed E-state index contributed by atoms with van der Waals surface area (Å²) in [7, 11) is 0. The average Bonchev–Trinajstić information content (AvgIpc) is 2.79. The average molecular weight is 421 g/mol. The molecule has 158 valence electrons. The molecule has 0 saturated carbocycles. The van der Waals surface area contributed by atoms with Gasteiger partial charge in [-0.2, -0.15) is 0 Å². The van der Waals surface area contributed by atoms with Crippen LogP contribution in [0.15, 0.2) is 72.8 Å². The van der Waals surface area contributed by atoms with Gasteiger partial charge < -0.3 is 14.2 Å². The van der Waals surface area contributed by atoms with E-state index in [2.05, 4.69) is 0 Å². The maximum absolute atomic E-state index is 12.2. The summed E-state index contributed by atoms with van der Waals surface area (Å²) in [5.41, 5.74) is 1.49. The van der Waals surface area contributed by atoms with Crippen LogP contribution in [0.25, 0.3) is 0 Å². The number of nitrogens with zero attached hydrogens (tertiary/aromatic N) is 1. The van der Waals surface area contributed by atoms with Crippen LogP contribution in [-0.2, 0) is 16.1 Å². The Hall–Kier alpha value is -4.20. The number of hydrogen-bond donors (Lipinski definition) is 0. The van der Waals surface area contributed by atoms with E-state index >= 15 is 0 Å². The van der Waals surface area contributed by atoms with E-state index in [4.69, 9.17) is 14.2 Å². The minimum absolute atomic E-state index is 0.0269. The summed E-state index contributed by atoms with van der Waals surface area (Å²) in [5, 5.41) is 10.7. The van der Waals surface area contributed by atoms with Crippen LogP contribution in [0.5, 0.6) is 11.5 Å². The van der Waals surface area contributed by atoms with Gasteiger partial charge in [0.1, 0.15) is 18.1 Å². The number of benzene rings is 3. The van der Waals surface area contributed by atoms with Crippen LogP contribution in [0.4, 0.5) is 5.69 Å². The Kier molecular flexibility index (Phi) is 6.95. The first-order chi connectivity index (χ1) is 15.0. The number of carbonyl (C=O) groups excluding carboxylic acids is 2. The zero-order chi connectivity index (χ0) is 22.2. The summed E-state index contributed by atoms with van der Waals surface area (Å²) in [6.07, 6.45) is 0. The molecule has 0 fully saturated rings. The molecular formula is C23H19NO7. The van der Waals surface area contributed by atoms with Crippen molar-refractivity contribution >= 4 is 17.6 Å². The molecule has 0 heterocycles. The van der Waals surface area contributed by atoms with E-state index in [1.165, 1.54) is 24.3 Å². The molecule has 0 bridgehead atoms. The number of nitro benzene ring substituents is 1. The second kappa shape index (κ2) is 10.0. The number of nitro groups is 1. The second-order valence-corrected chi connectivity index (χ2v) is 6.37. The van der Waals surface area contributed by atoms with Crippen molar-refractivity contribution in [2.24, 2.45) is 0 Å². The third-order valence-electron chi connectivity index (χ3n) is 4.21. The van der Waals surface area contributed by atoms with E-state index in [-0.39, 0.29) is 12.3 Å². The lowest BCUT2D eigenvalue weighted by atomic mass is 10.1. The molecule has 0 aliphatic rings. The Morgan fingerprint density at radius 2 is 1.26 bits per heavy atom. The van der Waals surface area contributed by atoms with Crippen LogP contribution in [-0.4, -0.2) is 23.5 Å². The van der Waals surface area contributed by atoms with E-state index < -0.39 is 16.9 Å². The van der Waals surface area contributed by atoms with Crippen LogP contribution >= 0.6 is 0 Å². The highest BCUT2D eigenvalue weighted by Crippen LogP contribution is 2.24. The van der Waals surface area contributed by atoms with Crippen molar-refractivity contribution < 1.29 is 28.7 Å². The molecule has 0 unspecified atom stereocenters. The molecule has 0 aliphatic heterocycles. The van der Waals surface area contributed by atoms with Crippen molar-refractivity contribution in [2.45, 2.75) is 13.5 Å². The zero-order valence-corrected chi connectivity index (χ0v) is 16.6. The Labute approximate surface area is 178 Å². The summed E-state index contributed by atoms with van der Waals surface area (Å²) in [6.45, 7) is 2.10. The van der Waals surface area contributed by atoms with E-state index in [9.17, 15) is 19.7 Å². The Morgan fingerprint density at radius 3 is 1.77 bits per heavy atom. The van der Waals surface area contributed by atoms with Gasteiger partial charge in [-0.3, -0.25) is 10.1 Å². The monoisotopic (exact) mass is 421 g/mol. The summed E-state index contributed by atoms with van der Waals surface area (Å²) in [5.74, 6) is 0.00517. The first-order valence-electron chi connectivity index (χ1n) is 9.42. The highest BCUT2D eigenvalue weighted by atomic mass is 16.6. The van der Waals surface area contributed by atoms with Crippen LogP contribution in [0.2, 0.25) is 0 Å². The smallest absolute Gasteiger partial charge is 0.338 e. The number of non-ortho nitro benzene ring substituents is 1. The Balaban J connectivity index is 1.54. The number of carbonyl (C=O) groups is 2. The van der Waals surface area contributed by atoms with Gasteiger partial charge in [-0.25, -0.2) is 9.59 Å². The molecule has 0 aromatic heterocycles. The minimum atomic E-state index is -0.503. The van der Waals surface area contributed by atoms with E-state index in [0.29, 0.717) is 29.2 Å². The lowest BCUT2D eigenvalue weighted by Gasteiger charge is -2.08. The van der Waals surface area contributed by atoms with E-state index in [1.54, 1.807) is 55.5 Å². The fourth-order valence-corrected chi connectivity index (χ4v) is 2.61. The van der Waals surface area contributed by atoms with Crippen LogP contribution in [0, 0.1) is 10.1 Å². The standard InChI is InChI=1S/C23H19NO7/c1-2-29-22(25)17-5-3-16(4-6-17)15-30-23(26)18-7-11-20(12-8-18)31-21-13-9-19(10-14-21)24(27)28/h3-14H,2,15H2,1H3. The van der Waals surface area contributed by atoms with Crippen molar-refractivity contribution in [3.05, 3.63) is 99.6 Å². The highest BCUT2D eigenvalue weighted by molar-refractivity contribution is 5.90.